The van der Waals surface area contributed by atoms with Crippen molar-refractivity contribution in [1.29, 1.82) is 0 Å². The van der Waals surface area contributed by atoms with Crippen LogP contribution in [0, 0.1) is 0 Å². The van der Waals surface area contributed by atoms with E-state index in [-0.39, 0.29) is 11.5 Å². The number of hydrogen-bond donors (Lipinski definition) is 2. The summed E-state index contributed by atoms with van der Waals surface area (Å²) in [6.07, 6.45) is 0. The van der Waals surface area contributed by atoms with Gasteiger partial charge >= 0.3 is 0 Å². The number of rotatable bonds is 1. The normalized spacial score (nSPS) is 17.0. The second-order valence-electron chi connectivity index (χ2n) is 3.24. The number of anilines is 1. The maximum Gasteiger partial charge on any atom is 0.181 e. The molecule has 1 aliphatic heterocycles. The van der Waals surface area contributed by atoms with Gasteiger partial charge in [0.2, 0.25) is 0 Å². The molecule has 2 rings (SSSR count). The minimum absolute atomic E-state index is 0.000556. The molecular weight excluding hydrogens is 198 g/mol. The fourth-order valence-electron chi connectivity index (χ4n) is 1.58. The molecule has 0 bridgehead atoms. The molecule has 0 unspecified atom stereocenters. The molecule has 2 N–H and O–H groups in total. The van der Waals surface area contributed by atoms with Gasteiger partial charge in [-0.2, -0.15) is 11.8 Å². The van der Waals surface area contributed by atoms with Crippen LogP contribution in [-0.4, -0.2) is 34.8 Å². The van der Waals surface area contributed by atoms with Gasteiger partial charge in [0.05, 0.1) is 5.69 Å². The summed E-state index contributed by atoms with van der Waals surface area (Å²) in [5, 5.41) is 19.0. The standard InChI is InChI=1S/C10H13NO2S/c12-9-3-1-2-8(10(9)13)11-4-6-14-7-5-11/h1-3,12-13H,4-7H2. The third-order valence-electron chi connectivity index (χ3n) is 2.35. The van der Waals surface area contributed by atoms with Gasteiger partial charge in [-0.05, 0) is 12.1 Å². The van der Waals surface area contributed by atoms with E-state index in [2.05, 4.69) is 4.90 Å². The fourth-order valence-corrected chi connectivity index (χ4v) is 2.48. The number of phenols is 2. The van der Waals surface area contributed by atoms with Gasteiger partial charge in [0.1, 0.15) is 0 Å². The maximum absolute atomic E-state index is 9.65. The second-order valence-corrected chi connectivity index (χ2v) is 4.47. The Kier molecular flexibility index (Phi) is 2.72. The van der Waals surface area contributed by atoms with Gasteiger partial charge in [-0.25, -0.2) is 0 Å². The summed E-state index contributed by atoms with van der Waals surface area (Å²) in [6.45, 7) is 1.86. The van der Waals surface area contributed by atoms with Gasteiger partial charge in [-0.3, -0.25) is 0 Å². The fraction of sp³-hybridized carbons (Fsp3) is 0.400. The van der Waals surface area contributed by atoms with Gasteiger partial charge in [-0.15, -0.1) is 0 Å². The summed E-state index contributed by atoms with van der Waals surface area (Å²) in [4.78, 5) is 2.10. The van der Waals surface area contributed by atoms with Gasteiger partial charge in [0, 0.05) is 24.6 Å². The highest BCUT2D eigenvalue weighted by Gasteiger charge is 2.15. The molecule has 0 radical (unpaired) electrons. The minimum Gasteiger partial charge on any atom is -0.504 e. The van der Waals surface area contributed by atoms with Crippen molar-refractivity contribution in [2.24, 2.45) is 0 Å². The summed E-state index contributed by atoms with van der Waals surface area (Å²) >= 11 is 1.92. The number of nitrogens with zero attached hydrogens (tertiary/aromatic N) is 1. The Bertz CT molecular complexity index is 324. The summed E-state index contributed by atoms with van der Waals surface area (Å²) in [7, 11) is 0. The molecule has 0 amide bonds. The molecular formula is C10H13NO2S. The molecule has 0 saturated carbocycles. The Hall–Kier alpha value is -1.03. The van der Waals surface area contributed by atoms with Gasteiger partial charge in [0.15, 0.2) is 11.5 Å². The van der Waals surface area contributed by atoms with Crippen molar-refractivity contribution in [3.63, 3.8) is 0 Å². The Morgan fingerprint density at radius 1 is 1.14 bits per heavy atom. The van der Waals surface area contributed by atoms with E-state index in [9.17, 15) is 10.2 Å². The smallest absolute Gasteiger partial charge is 0.181 e. The van der Waals surface area contributed by atoms with E-state index in [1.54, 1.807) is 6.07 Å². The Morgan fingerprint density at radius 2 is 1.86 bits per heavy atom. The molecule has 1 fully saturated rings. The molecule has 1 aliphatic rings. The molecule has 1 saturated heterocycles. The summed E-state index contributed by atoms with van der Waals surface area (Å²) in [6, 6.07) is 5.09. The lowest BCUT2D eigenvalue weighted by Crippen LogP contribution is -2.32. The molecule has 0 aromatic heterocycles. The van der Waals surface area contributed by atoms with E-state index >= 15 is 0 Å². The van der Waals surface area contributed by atoms with Gasteiger partial charge in [-0.1, -0.05) is 6.07 Å². The van der Waals surface area contributed by atoms with E-state index in [1.165, 1.54) is 6.07 Å². The summed E-state index contributed by atoms with van der Waals surface area (Å²) in [5.74, 6) is 2.12. The monoisotopic (exact) mass is 211 g/mol. The highest BCUT2D eigenvalue weighted by molar-refractivity contribution is 7.99. The van der Waals surface area contributed by atoms with Gasteiger partial charge < -0.3 is 15.1 Å². The van der Waals surface area contributed by atoms with Crippen molar-refractivity contribution in [3.8, 4) is 11.5 Å². The van der Waals surface area contributed by atoms with Crippen LogP contribution in [0.15, 0.2) is 18.2 Å². The molecule has 76 valence electrons. The number of aromatic hydroxyl groups is 2. The van der Waals surface area contributed by atoms with Crippen LogP contribution in [0.5, 0.6) is 11.5 Å². The van der Waals surface area contributed by atoms with Crippen LogP contribution in [-0.2, 0) is 0 Å². The number of para-hydroxylation sites is 1. The third-order valence-corrected chi connectivity index (χ3v) is 3.29. The van der Waals surface area contributed by atoms with Crippen LogP contribution in [0.4, 0.5) is 5.69 Å². The predicted octanol–water partition coefficient (Wildman–Crippen LogP) is 1.65. The first kappa shape index (κ1) is 9.52. The number of benzene rings is 1. The first-order valence-electron chi connectivity index (χ1n) is 4.62. The molecule has 0 aliphatic carbocycles. The van der Waals surface area contributed by atoms with E-state index < -0.39 is 0 Å². The van der Waals surface area contributed by atoms with Crippen molar-refractivity contribution in [2.75, 3.05) is 29.5 Å². The topological polar surface area (TPSA) is 43.7 Å². The highest BCUT2D eigenvalue weighted by atomic mass is 32.2. The zero-order valence-corrected chi connectivity index (χ0v) is 8.63. The van der Waals surface area contributed by atoms with E-state index in [4.69, 9.17) is 0 Å². The zero-order valence-electron chi connectivity index (χ0n) is 7.81. The largest absolute Gasteiger partial charge is 0.504 e. The lowest BCUT2D eigenvalue weighted by Gasteiger charge is -2.29. The molecule has 3 nitrogen and oxygen atoms in total. The Balaban J connectivity index is 2.26. The average molecular weight is 211 g/mol. The van der Waals surface area contributed by atoms with E-state index in [1.807, 2.05) is 17.8 Å². The third kappa shape index (κ3) is 1.75. The summed E-state index contributed by atoms with van der Waals surface area (Å²) < 4.78 is 0. The zero-order chi connectivity index (χ0) is 9.97. The summed E-state index contributed by atoms with van der Waals surface area (Å²) in [5.41, 5.74) is 0.741. The van der Waals surface area contributed by atoms with Crippen LogP contribution in [0.3, 0.4) is 0 Å². The van der Waals surface area contributed by atoms with E-state index in [0.717, 1.165) is 30.3 Å². The molecule has 0 spiro atoms. The lowest BCUT2D eigenvalue weighted by atomic mass is 10.2. The number of phenolic OH excluding ortho intramolecular Hbond substituents is 2. The lowest BCUT2D eigenvalue weighted by molar-refractivity contribution is 0.403. The SMILES string of the molecule is Oc1cccc(N2CCSCC2)c1O. The first-order chi connectivity index (χ1) is 6.79. The van der Waals surface area contributed by atoms with Crippen molar-refractivity contribution in [2.45, 2.75) is 0 Å². The molecule has 0 atom stereocenters. The molecule has 14 heavy (non-hydrogen) atoms. The average Bonchev–Trinajstić information content (AvgIpc) is 2.23. The molecule has 1 aromatic carbocycles. The quantitative estimate of drug-likeness (QED) is 0.693. The first-order valence-corrected chi connectivity index (χ1v) is 5.78. The molecule has 4 heteroatoms. The predicted molar refractivity (Wildman–Crippen MR) is 59.3 cm³/mol. The highest BCUT2D eigenvalue weighted by Crippen LogP contribution is 2.36. The molecule has 1 aromatic rings. The maximum atomic E-state index is 9.65. The van der Waals surface area contributed by atoms with Crippen molar-refractivity contribution in [1.82, 2.24) is 0 Å². The van der Waals surface area contributed by atoms with E-state index in [0.29, 0.717) is 0 Å². The van der Waals surface area contributed by atoms with Crippen LogP contribution in [0.25, 0.3) is 0 Å². The molecule has 1 heterocycles. The van der Waals surface area contributed by atoms with Crippen LogP contribution < -0.4 is 4.90 Å². The van der Waals surface area contributed by atoms with Crippen molar-refractivity contribution < 1.29 is 10.2 Å². The van der Waals surface area contributed by atoms with Crippen molar-refractivity contribution in [3.05, 3.63) is 18.2 Å². The van der Waals surface area contributed by atoms with Crippen molar-refractivity contribution >= 4 is 17.4 Å². The minimum atomic E-state index is -0.0410. The Labute approximate surface area is 87.4 Å². The van der Waals surface area contributed by atoms with Crippen LogP contribution in [0.2, 0.25) is 0 Å². The Morgan fingerprint density at radius 3 is 2.57 bits per heavy atom. The van der Waals surface area contributed by atoms with Gasteiger partial charge in [0.25, 0.3) is 0 Å². The second kappa shape index (κ2) is 4.00. The number of thioether (sulfide) groups is 1. The van der Waals surface area contributed by atoms with Crippen LogP contribution in [0.1, 0.15) is 0 Å². The van der Waals surface area contributed by atoms with Crippen LogP contribution >= 0.6 is 11.8 Å². The number of hydrogen-bond acceptors (Lipinski definition) is 4.